The number of benzene rings is 9. The Morgan fingerprint density at radius 2 is 0.773 bits per heavy atom. The number of aryl methyl sites for hydroxylation is 2. The van der Waals surface area contributed by atoms with Gasteiger partial charge in [-0.15, -0.1) is 0 Å². The largest absolute Gasteiger partial charge is 0.307 e. The van der Waals surface area contributed by atoms with Gasteiger partial charge < -0.3 is 9.13 Å². The summed E-state index contributed by atoms with van der Waals surface area (Å²) in [5.41, 5.74) is 19.4. The molecule has 0 aliphatic rings. The molecular formula is C62H42N4. The van der Waals surface area contributed by atoms with Crippen molar-refractivity contribution in [1.82, 2.24) is 14.1 Å². The van der Waals surface area contributed by atoms with Crippen molar-refractivity contribution in [3.05, 3.63) is 235 Å². The Balaban J connectivity index is 1.19. The summed E-state index contributed by atoms with van der Waals surface area (Å²) in [4.78, 5) is 5.22. The Morgan fingerprint density at radius 1 is 0.348 bits per heavy atom. The maximum absolute atomic E-state index is 11.3. The van der Waals surface area contributed by atoms with Crippen LogP contribution in [0.4, 0.5) is 0 Å². The van der Waals surface area contributed by atoms with E-state index in [1.165, 1.54) is 33.4 Å². The van der Waals surface area contributed by atoms with E-state index in [9.17, 15) is 5.26 Å². The van der Waals surface area contributed by atoms with Gasteiger partial charge in [-0.05, 0) is 113 Å². The van der Waals surface area contributed by atoms with Crippen LogP contribution in [-0.4, -0.2) is 14.1 Å². The monoisotopic (exact) mass is 842 g/mol. The van der Waals surface area contributed by atoms with Gasteiger partial charge in [0.05, 0.1) is 56.5 Å². The van der Waals surface area contributed by atoms with Crippen molar-refractivity contribution in [2.45, 2.75) is 13.8 Å². The molecule has 9 aromatic carbocycles. The zero-order valence-electron chi connectivity index (χ0n) is 36.6. The van der Waals surface area contributed by atoms with E-state index in [-0.39, 0.29) is 0 Å². The molecule has 0 aliphatic carbocycles. The number of fused-ring (bicyclic) bond motifs is 6. The van der Waals surface area contributed by atoms with E-state index >= 15 is 0 Å². The Bertz CT molecular complexity index is 3850. The highest BCUT2D eigenvalue weighted by Gasteiger charge is 2.24. The van der Waals surface area contributed by atoms with Crippen molar-refractivity contribution < 1.29 is 0 Å². The number of aromatic nitrogens is 3. The van der Waals surface area contributed by atoms with Gasteiger partial charge in [0.1, 0.15) is 0 Å². The summed E-state index contributed by atoms with van der Waals surface area (Å²) in [7, 11) is 0. The molecule has 12 aromatic rings. The lowest BCUT2D eigenvalue weighted by Gasteiger charge is -2.20. The first-order chi connectivity index (χ1) is 32.5. The maximum Gasteiger partial charge on any atom is 0.0998 e. The molecule has 0 N–H and O–H groups in total. The molecule has 0 saturated carbocycles. The SMILES string of the molecule is Cc1ccccc1-c1ccc2c(c1)c1ccccc1n2-c1cc(C#N)c(-c2cc(-c3ccccc3)nc(-c3ccccc3)c2)cc1-n1c2ccccc2c2cc(-c3ccccc3C)ccc21. The third-order valence-electron chi connectivity index (χ3n) is 13.2. The molecule has 0 unspecified atom stereocenters. The molecule has 0 radical (unpaired) electrons. The smallest absolute Gasteiger partial charge is 0.0998 e. The van der Waals surface area contributed by atoms with E-state index in [4.69, 9.17) is 4.98 Å². The van der Waals surface area contributed by atoms with Crippen molar-refractivity contribution in [3.63, 3.8) is 0 Å². The number of pyridine rings is 1. The Hall–Kier alpha value is -8.78. The summed E-state index contributed by atoms with van der Waals surface area (Å²) in [6.45, 7) is 4.35. The first-order valence-corrected chi connectivity index (χ1v) is 22.4. The molecule has 66 heavy (non-hydrogen) atoms. The fourth-order valence-corrected chi connectivity index (χ4v) is 10.1. The number of hydrogen-bond acceptors (Lipinski definition) is 2. The van der Waals surface area contributed by atoms with Gasteiger partial charge >= 0.3 is 0 Å². The van der Waals surface area contributed by atoms with Crippen LogP contribution in [0.3, 0.4) is 0 Å². The first kappa shape index (κ1) is 38.9. The highest BCUT2D eigenvalue weighted by atomic mass is 15.1. The molecule has 0 aliphatic heterocycles. The van der Waals surface area contributed by atoms with Crippen LogP contribution < -0.4 is 0 Å². The standard InChI is InChI=1S/C62H42N4/c1-40-17-9-11-23-48(40)44-29-31-59-53(33-44)50-25-13-15-27-57(50)65(59)61-37-47(39-63)52(46-35-55(42-19-5-3-6-20-42)64-56(36-46)43-21-7-4-8-22-43)38-62(61)66-58-28-16-14-26-51(58)54-34-45(30-32-60(54)66)49-24-12-10-18-41(49)2/h3-38H,1-2H3. The highest BCUT2D eigenvalue weighted by Crippen LogP contribution is 2.43. The van der Waals surface area contributed by atoms with Crippen LogP contribution >= 0.6 is 0 Å². The van der Waals surface area contributed by atoms with Crippen LogP contribution in [0.2, 0.25) is 0 Å². The van der Waals surface area contributed by atoms with E-state index < -0.39 is 0 Å². The minimum Gasteiger partial charge on any atom is -0.307 e. The molecule has 4 nitrogen and oxygen atoms in total. The second kappa shape index (κ2) is 15.8. The van der Waals surface area contributed by atoms with Gasteiger partial charge in [-0.3, -0.25) is 0 Å². The Labute approximate surface area is 383 Å². The third kappa shape index (κ3) is 6.40. The number of hydrogen-bond donors (Lipinski definition) is 0. The molecule has 310 valence electrons. The van der Waals surface area contributed by atoms with Gasteiger partial charge in [-0.25, -0.2) is 4.98 Å². The van der Waals surface area contributed by atoms with Crippen LogP contribution in [0, 0.1) is 25.2 Å². The van der Waals surface area contributed by atoms with Gasteiger partial charge in [0.25, 0.3) is 0 Å². The average Bonchev–Trinajstić information content (AvgIpc) is 3.88. The van der Waals surface area contributed by atoms with E-state index in [0.717, 1.165) is 88.6 Å². The second-order valence-corrected chi connectivity index (χ2v) is 17.2. The van der Waals surface area contributed by atoms with Crippen LogP contribution in [0.25, 0.3) is 111 Å². The summed E-state index contributed by atoms with van der Waals surface area (Å²) in [5.74, 6) is 0. The van der Waals surface area contributed by atoms with Crippen molar-refractivity contribution in [3.8, 4) is 73.3 Å². The van der Waals surface area contributed by atoms with Crippen LogP contribution in [0.5, 0.6) is 0 Å². The third-order valence-corrected chi connectivity index (χ3v) is 13.2. The van der Waals surface area contributed by atoms with Crippen molar-refractivity contribution in [1.29, 1.82) is 5.26 Å². The summed E-state index contributed by atoms with van der Waals surface area (Å²) < 4.78 is 4.78. The molecule has 0 fully saturated rings. The number of para-hydroxylation sites is 2. The van der Waals surface area contributed by atoms with Crippen LogP contribution in [0.15, 0.2) is 218 Å². The number of nitrogens with zero attached hydrogens (tertiary/aromatic N) is 4. The minimum absolute atomic E-state index is 0.572. The molecule has 0 spiro atoms. The Kier molecular flexibility index (Phi) is 9.29. The van der Waals surface area contributed by atoms with Crippen LogP contribution in [-0.2, 0) is 0 Å². The molecule has 3 heterocycles. The van der Waals surface area contributed by atoms with Gasteiger partial charge in [-0.2, -0.15) is 5.26 Å². The summed E-state index contributed by atoms with van der Waals surface area (Å²) in [6.07, 6.45) is 0. The summed E-state index contributed by atoms with van der Waals surface area (Å²) in [5, 5.41) is 16.0. The molecule has 12 rings (SSSR count). The van der Waals surface area contributed by atoms with Gasteiger partial charge in [0.15, 0.2) is 0 Å². The number of rotatable bonds is 7. The average molecular weight is 843 g/mol. The van der Waals surface area contributed by atoms with Crippen molar-refractivity contribution >= 4 is 43.6 Å². The fourth-order valence-electron chi connectivity index (χ4n) is 10.1. The quantitative estimate of drug-likeness (QED) is 0.160. The summed E-state index contributed by atoms with van der Waals surface area (Å²) >= 11 is 0. The predicted molar refractivity (Wildman–Crippen MR) is 274 cm³/mol. The maximum atomic E-state index is 11.3. The Morgan fingerprint density at radius 3 is 1.26 bits per heavy atom. The molecule has 0 bridgehead atoms. The van der Waals surface area contributed by atoms with E-state index in [1.54, 1.807) is 0 Å². The second-order valence-electron chi connectivity index (χ2n) is 17.2. The zero-order chi connectivity index (χ0) is 44.3. The molecular weight excluding hydrogens is 801 g/mol. The van der Waals surface area contributed by atoms with Gasteiger partial charge in [0.2, 0.25) is 0 Å². The lowest BCUT2D eigenvalue weighted by molar-refractivity contribution is 1.09. The van der Waals surface area contributed by atoms with E-state index in [2.05, 4.69) is 211 Å². The fraction of sp³-hybridized carbons (Fsp3) is 0.0323. The normalized spacial score (nSPS) is 11.5. The molecule has 3 aromatic heterocycles. The van der Waals surface area contributed by atoms with Crippen molar-refractivity contribution in [2.24, 2.45) is 0 Å². The van der Waals surface area contributed by atoms with Crippen molar-refractivity contribution in [2.75, 3.05) is 0 Å². The van der Waals surface area contributed by atoms with Gasteiger partial charge in [0, 0.05) is 38.2 Å². The van der Waals surface area contributed by atoms with Crippen LogP contribution in [0.1, 0.15) is 16.7 Å². The molecule has 0 saturated heterocycles. The molecule has 0 atom stereocenters. The van der Waals surface area contributed by atoms with E-state index in [1.807, 2.05) is 36.4 Å². The topological polar surface area (TPSA) is 46.5 Å². The molecule has 4 heteroatoms. The number of nitriles is 1. The lowest BCUT2D eigenvalue weighted by atomic mass is 9.95. The lowest BCUT2D eigenvalue weighted by Crippen LogP contribution is -2.05. The predicted octanol–water partition coefficient (Wildman–Crippen LogP) is 16.1. The summed E-state index contributed by atoms with van der Waals surface area (Å²) in [6, 6.07) is 80.1. The minimum atomic E-state index is 0.572. The highest BCUT2D eigenvalue weighted by molar-refractivity contribution is 6.13. The zero-order valence-corrected chi connectivity index (χ0v) is 36.6. The molecule has 0 amide bonds. The van der Waals surface area contributed by atoms with Gasteiger partial charge in [-0.1, -0.05) is 158 Å². The van der Waals surface area contributed by atoms with E-state index in [0.29, 0.717) is 5.56 Å². The first-order valence-electron chi connectivity index (χ1n) is 22.4.